The monoisotopic (exact) mass is 212 g/mol. The first-order valence-corrected chi connectivity index (χ1v) is 5.47. The van der Waals surface area contributed by atoms with Crippen LogP contribution in [0.5, 0.6) is 0 Å². The maximum atomic E-state index is 5.76. The van der Waals surface area contributed by atoms with E-state index in [2.05, 4.69) is 39.0 Å². The van der Waals surface area contributed by atoms with Crippen LogP contribution in [-0.2, 0) is 0 Å². The van der Waals surface area contributed by atoms with Crippen LogP contribution in [-0.4, -0.2) is 0 Å². The topological polar surface area (TPSA) is 13.1 Å². The van der Waals surface area contributed by atoms with Gasteiger partial charge in [-0.15, -0.1) is 0 Å². The minimum atomic E-state index is 0.913. The van der Waals surface area contributed by atoms with Gasteiger partial charge in [0.25, 0.3) is 0 Å². The van der Waals surface area contributed by atoms with E-state index in [1.165, 1.54) is 11.1 Å². The molecular formula is C15H16O. The highest BCUT2D eigenvalue weighted by molar-refractivity contribution is 5.60. The van der Waals surface area contributed by atoms with Gasteiger partial charge in [0, 0.05) is 5.56 Å². The molecule has 0 aliphatic rings. The fourth-order valence-electron chi connectivity index (χ4n) is 1.67. The van der Waals surface area contributed by atoms with Gasteiger partial charge in [0.2, 0.25) is 0 Å². The zero-order valence-corrected chi connectivity index (χ0v) is 9.95. The number of allylic oxidation sites excluding steroid dienone is 1. The lowest BCUT2D eigenvalue weighted by atomic mass is 10.1. The Morgan fingerprint density at radius 2 is 1.94 bits per heavy atom. The highest BCUT2D eigenvalue weighted by Gasteiger charge is 2.02. The van der Waals surface area contributed by atoms with E-state index in [4.69, 9.17) is 4.42 Å². The van der Waals surface area contributed by atoms with Gasteiger partial charge in [0.05, 0.1) is 0 Å². The molecule has 82 valence electrons. The van der Waals surface area contributed by atoms with Crippen LogP contribution in [0.2, 0.25) is 0 Å². The van der Waals surface area contributed by atoms with Gasteiger partial charge in [-0.3, -0.25) is 0 Å². The minimum Gasteiger partial charge on any atom is -0.457 e. The van der Waals surface area contributed by atoms with Crippen LogP contribution in [0.3, 0.4) is 0 Å². The summed E-state index contributed by atoms with van der Waals surface area (Å²) in [6.07, 6.45) is 2.04. The van der Waals surface area contributed by atoms with Gasteiger partial charge in [0.15, 0.2) is 0 Å². The van der Waals surface area contributed by atoms with Gasteiger partial charge >= 0.3 is 0 Å². The maximum absolute atomic E-state index is 5.76. The highest BCUT2D eigenvalue weighted by atomic mass is 16.3. The molecule has 0 saturated carbocycles. The number of aryl methyl sites for hydroxylation is 1. The summed E-state index contributed by atoms with van der Waals surface area (Å²) in [5, 5.41) is 0. The van der Waals surface area contributed by atoms with Crippen molar-refractivity contribution in [3.05, 3.63) is 53.3 Å². The Hall–Kier alpha value is -1.76. The first-order valence-electron chi connectivity index (χ1n) is 5.47. The molecule has 1 nitrogen and oxygen atoms in total. The summed E-state index contributed by atoms with van der Waals surface area (Å²) in [5.41, 5.74) is 3.62. The average molecular weight is 212 g/mol. The molecule has 2 aromatic rings. The molecule has 0 N–H and O–H groups in total. The summed E-state index contributed by atoms with van der Waals surface area (Å²) in [6, 6.07) is 12.4. The summed E-state index contributed by atoms with van der Waals surface area (Å²) >= 11 is 0. The van der Waals surface area contributed by atoms with Crippen LogP contribution in [0.1, 0.15) is 25.2 Å². The number of furan rings is 1. The zero-order valence-electron chi connectivity index (χ0n) is 9.95. The number of hydrogen-bond acceptors (Lipinski definition) is 1. The normalized spacial score (nSPS) is 10.2. The van der Waals surface area contributed by atoms with E-state index in [0.29, 0.717) is 0 Å². The highest BCUT2D eigenvalue weighted by Crippen LogP contribution is 2.23. The Kier molecular flexibility index (Phi) is 2.95. The molecule has 1 heterocycles. The van der Waals surface area contributed by atoms with Gasteiger partial charge in [-0.1, -0.05) is 29.3 Å². The minimum absolute atomic E-state index is 0.913. The molecule has 0 unspecified atom stereocenters. The Morgan fingerprint density at radius 1 is 1.12 bits per heavy atom. The second-order valence-electron chi connectivity index (χ2n) is 4.29. The lowest BCUT2D eigenvalue weighted by molar-refractivity contribution is 0.571. The SMILES string of the molecule is CC(C)=Cc1ccc(-c2cccc(C)c2)o1. The Balaban J connectivity index is 2.35. The van der Waals surface area contributed by atoms with E-state index >= 15 is 0 Å². The van der Waals surface area contributed by atoms with Gasteiger partial charge in [-0.05, 0) is 45.0 Å². The third-order valence-corrected chi connectivity index (χ3v) is 2.36. The predicted molar refractivity (Wildman–Crippen MR) is 68.2 cm³/mol. The molecular weight excluding hydrogens is 196 g/mol. The quantitative estimate of drug-likeness (QED) is 0.704. The summed E-state index contributed by atoms with van der Waals surface area (Å²) in [7, 11) is 0. The molecule has 0 fully saturated rings. The molecule has 16 heavy (non-hydrogen) atoms. The van der Waals surface area contributed by atoms with E-state index in [1.807, 2.05) is 24.3 Å². The Morgan fingerprint density at radius 3 is 2.62 bits per heavy atom. The standard InChI is InChI=1S/C15H16O/c1-11(2)9-14-7-8-15(16-14)13-6-4-5-12(3)10-13/h4-10H,1-3H3. The molecule has 0 spiro atoms. The predicted octanol–water partition coefficient (Wildman–Crippen LogP) is 4.68. The van der Waals surface area contributed by atoms with Crippen molar-refractivity contribution < 1.29 is 4.42 Å². The number of rotatable bonds is 2. The second-order valence-corrected chi connectivity index (χ2v) is 4.29. The number of hydrogen-bond donors (Lipinski definition) is 0. The van der Waals surface area contributed by atoms with Crippen LogP contribution >= 0.6 is 0 Å². The maximum Gasteiger partial charge on any atom is 0.134 e. The summed E-state index contributed by atoms with van der Waals surface area (Å²) < 4.78 is 5.76. The first-order chi connectivity index (χ1) is 7.65. The third-order valence-electron chi connectivity index (χ3n) is 2.36. The summed E-state index contributed by atoms with van der Waals surface area (Å²) in [5.74, 6) is 1.84. The van der Waals surface area contributed by atoms with Crippen molar-refractivity contribution >= 4 is 6.08 Å². The Labute approximate surface area is 96.4 Å². The fraction of sp³-hybridized carbons (Fsp3) is 0.200. The molecule has 1 heteroatoms. The molecule has 0 atom stereocenters. The molecule has 0 aliphatic heterocycles. The second kappa shape index (κ2) is 4.40. The van der Waals surface area contributed by atoms with Crippen molar-refractivity contribution in [2.24, 2.45) is 0 Å². The van der Waals surface area contributed by atoms with Gasteiger partial charge in [0.1, 0.15) is 11.5 Å². The van der Waals surface area contributed by atoms with E-state index < -0.39 is 0 Å². The van der Waals surface area contributed by atoms with Crippen molar-refractivity contribution in [1.29, 1.82) is 0 Å². The molecule has 2 rings (SSSR count). The molecule has 0 amide bonds. The lowest BCUT2D eigenvalue weighted by Gasteiger charge is -1.98. The smallest absolute Gasteiger partial charge is 0.134 e. The summed E-state index contributed by atoms with van der Waals surface area (Å²) in [4.78, 5) is 0. The summed E-state index contributed by atoms with van der Waals surface area (Å²) in [6.45, 7) is 6.22. The fourth-order valence-corrected chi connectivity index (χ4v) is 1.67. The van der Waals surface area contributed by atoms with Crippen LogP contribution in [0.4, 0.5) is 0 Å². The Bertz CT molecular complexity index is 514. The van der Waals surface area contributed by atoms with E-state index in [0.717, 1.165) is 17.1 Å². The number of benzene rings is 1. The molecule has 0 radical (unpaired) electrons. The first kappa shape index (κ1) is 10.7. The molecule has 0 saturated heterocycles. The van der Waals surface area contributed by atoms with Crippen LogP contribution in [0.25, 0.3) is 17.4 Å². The van der Waals surface area contributed by atoms with Crippen molar-refractivity contribution in [1.82, 2.24) is 0 Å². The lowest BCUT2D eigenvalue weighted by Crippen LogP contribution is -1.75. The van der Waals surface area contributed by atoms with Crippen molar-refractivity contribution in [2.45, 2.75) is 20.8 Å². The van der Waals surface area contributed by atoms with Crippen LogP contribution in [0.15, 0.2) is 46.4 Å². The van der Waals surface area contributed by atoms with Crippen molar-refractivity contribution in [2.75, 3.05) is 0 Å². The van der Waals surface area contributed by atoms with Crippen molar-refractivity contribution in [3.8, 4) is 11.3 Å². The van der Waals surface area contributed by atoms with Gasteiger partial charge < -0.3 is 4.42 Å². The molecule has 1 aromatic heterocycles. The third kappa shape index (κ3) is 2.43. The average Bonchev–Trinajstić information content (AvgIpc) is 2.65. The zero-order chi connectivity index (χ0) is 11.5. The van der Waals surface area contributed by atoms with E-state index in [9.17, 15) is 0 Å². The van der Waals surface area contributed by atoms with E-state index in [1.54, 1.807) is 0 Å². The van der Waals surface area contributed by atoms with Crippen LogP contribution < -0.4 is 0 Å². The molecule has 0 aliphatic carbocycles. The molecule has 0 bridgehead atoms. The largest absolute Gasteiger partial charge is 0.457 e. The van der Waals surface area contributed by atoms with Crippen molar-refractivity contribution in [3.63, 3.8) is 0 Å². The van der Waals surface area contributed by atoms with Gasteiger partial charge in [-0.25, -0.2) is 0 Å². The van der Waals surface area contributed by atoms with Gasteiger partial charge in [-0.2, -0.15) is 0 Å². The molecule has 1 aromatic carbocycles. The van der Waals surface area contributed by atoms with Crippen LogP contribution in [0, 0.1) is 6.92 Å². The van der Waals surface area contributed by atoms with E-state index in [-0.39, 0.29) is 0 Å².